The van der Waals surface area contributed by atoms with Gasteiger partial charge in [-0.15, -0.1) is 0 Å². The molecular weight excluding hydrogens is 148 g/mol. The van der Waals surface area contributed by atoms with E-state index in [0.29, 0.717) is 0 Å². The number of hydrogen-bond donors (Lipinski definition) is 1. The van der Waals surface area contributed by atoms with Crippen LogP contribution in [-0.2, 0) is 0 Å². The highest BCUT2D eigenvalue weighted by molar-refractivity contribution is 4.96. The van der Waals surface area contributed by atoms with E-state index in [1.54, 1.807) is 0 Å². The largest absolute Gasteiger partial charge is 0.330 e. The van der Waals surface area contributed by atoms with Crippen LogP contribution >= 0.6 is 0 Å². The number of piperidine rings is 1. The van der Waals surface area contributed by atoms with Gasteiger partial charge in [0.1, 0.15) is 0 Å². The summed E-state index contributed by atoms with van der Waals surface area (Å²) in [7, 11) is 2.27. The van der Waals surface area contributed by atoms with Crippen LogP contribution in [0.15, 0.2) is 0 Å². The molecule has 2 aliphatic rings. The minimum Gasteiger partial charge on any atom is -0.330 e. The van der Waals surface area contributed by atoms with Gasteiger partial charge in [0.15, 0.2) is 0 Å². The second-order valence-electron chi connectivity index (χ2n) is 4.44. The van der Waals surface area contributed by atoms with Crippen molar-refractivity contribution in [2.24, 2.45) is 17.6 Å². The highest BCUT2D eigenvalue weighted by Gasteiger charge is 2.43. The maximum atomic E-state index is 5.66. The minimum absolute atomic E-state index is 0.857. The molecule has 0 radical (unpaired) electrons. The number of nitrogens with zero attached hydrogens (tertiary/aromatic N) is 1. The third-order valence-corrected chi connectivity index (χ3v) is 3.60. The Bertz CT molecular complexity index is 158. The fraction of sp³-hybridized carbons (Fsp3) is 1.00. The van der Waals surface area contributed by atoms with Crippen molar-refractivity contribution in [3.8, 4) is 0 Å². The molecule has 1 aliphatic heterocycles. The second kappa shape index (κ2) is 3.35. The minimum atomic E-state index is 0.857. The van der Waals surface area contributed by atoms with Gasteiger partial charge in [-0.3, -0.25) is 0 Å². The Hall–Kier alpha value is -0.0800. The fourth-order valence-electron chi connectivity index (χ4n) is 2.66. The normalized spacial score (nSPS) is 43.0. The molecule has 2 rings (SSSR count). The summed E-state index contributed by atoms with van der Waals surface area (Å²) in [6, 6.07) is 0.868. The Morgan fingerprint density at radius 3 is 2.83 bits per heavy atom. The molecule has 0 aromatic heterocycles. The predicted molar refractivity (Wildman–Crippen MR) is 50.9 cm³/mol. The van der Waals surface area contributed by atoms with E-state index >= 15 is 0 Å². The first-order valence-electron chi connectivity index (χ1n) is 5.23. The predicted octanol–water partition coefficient (Wildman–Crippen LogP) is 1.07. The number of nitrogens with two attached hydrogens (primary N) is 1. The Kier molecular flexibility index (Phi) is 2.37. The Labute approximate surface area is 75.1 Å². The molecule has 2 nitrogen and oxygen atoms in total. The molecule has 0 aromatic carbocycles. The van der Waals surface area contributed by atoms with Gasteiger partial charge in [-0.2, -0.15) is 0 Å². The van der Waals surface area contributed by atoms with Gasteiger partial charge in [-0.05, 0) is 51.2 Å². The number of hydrogen-bond acceptors (Lipinski definition) is 2. The number of rotatable bonds is 2. The summed E-state index contributed by atoms with van der Waals surface area (Å²) in [6.07, 6.45) is 5.64. The first kappa shape index (κ1) is 8.52. The van der Waals surface area contributed by atoms with Crippen molar-refractivity contribution in [1.29, 1.82) is 0 Å². The van der Waals surface area contributed by atoms with E-state index in [0.717, 1.165) is 24.4 Å². The molecule has 2 heteroatoms. The maximum absolute atomic E-state index is 5.66. The topological polar surface area (TPSA) is 29.3 Å². The van der Waals surface area contributed by atoms with Gasteiger partial charge < -0.3 is 10.6 Å². The lowest BCUT2D eigenvalue weighted by molar-refractivity contribution is 0.160. The van der Waals surface area contributed by atoms with Crippen molar-refractivity contribution in [1.82, 2.24) is 4.90 Å². The second-order valence-corrected chi connectivity index (χ2v) is 4.44. The van der Waals surface area contributed by atoms with Gasteiger partial charge in [0, 0.05) is 6.04 Å². The van der Waals surface area contributed by atoms with Crippen LogP contribution in [0.25, 0.3) is 0 Å². The van der Waals surface area contributed by atoms with E-state index in [1.807, 2.05) is 0 Å². The summed E-state index contributed by atoms with van der Waals surface area (Å²) in [5, 5.41) is 0. The molecule has 0 bridgehead atoms. The molecule has 3 atom stereocenters. The molecule has 0 spiro atoms. The van der Waals surface area contributed by atoms with Crippen molar-refractivity contribution < 1.29 is 0 Å². The van der Waals surface area contributed by atoms with Crippen LogP contribution in [0.2, 0.25) is 0 Å². The summed E-state index contributed by atoms with van der Waals surface area (Å²) in [4.78, 5) is 2.55. The first-order valence-corrected chi connectivity index (χ1v) is 5.23. The van der Waals surface area contributed by atoms with Crippen LogP contribution < -0.4 is 5.73 Å². The molecule has 70 valence electrons. The van der Waals surface area contributed by atoms with Crippen LogP contribution in [0.1, 0.15) is 25.7 Å². The number of likely N-dealkylation sites (tertiary alicyclic amines) is 1. The maximum Gasteiger partial charge on any atom is 0.0124 e. The highest BCUT2D eigenvalue weighted by atomic mass is 15.1. The summed E-state index contributed by atoms with van der Waals surface area (Å²) in [5.41, 5.74) is 5.66. The van der Waals surface area contributed by atoms with E-state index in [9.17, 15) is 0 Å². The summed E-state index contributed by atoms with van der Waals surface area (Å²) >= 11 is 0. The van der Waals surface area contributed by atoms with Crippen LogP contribution in [0.4, 0.5) is 0 Å². The van der Waals surface area contributed by atoms with Gasteiger partial charge >= 0.3 is 0 Å². The zero-order valence-electron chi connectivity index (χ0n) is 8.00. The zero-order valence-corrected chi connectivity index (χ0v) is 8.00. The molecular formula is C10H20N2. The molecule has 0 amide bonds. The first-order chi connectivity index (χ1) is 5.83. The van der Waals surface area contributed by atoms with E-state index in [4.69, 9.17) is 5.73 Å². The smallest absolute Gasteiger partial charge is 0.0124 e. The van der Waals surface area contributed by atoms with E-state index in [1.165, 1.54) is 32.2 Å². The average molecular weight is 168 g/mol. The van der Waals surface area contributed by atoms with E-state index in [-0.39, 0.29) is 0 Å². The standard InChI is InChI=1S/C10H20N2/c1-12-5-3-2-4-10(12)9-6-8(9)7-11/h8-10H,2-7,11H2,1H3/t8-,9+,10?/m0/s1. The SMILES string of the molecule is CN1CCCCC1[C@@H]1C[C@H]1CN. The van der Waals surface area contributed by atoms with E-state index < -0.39 is 0 Å². The van der Waals surface area contributed by atoms with Crippen molar-refractivity contribution in [3.63, 3.8) is 0 Å². The Morgan fingerprint density at radius 1 is 1.42 bits per heavy atom. The molecule has 2 N–H and O–H groups in total. The molecule has 0 aromatic rings. The zero-order chi connectivity index (χ0) is 8.55. The molecule has 1 saturated heterocycles. The monoisotopic (exact) mass is 168 g/mol. The summed E-state index contributed by atoms with van der Waals surface area (Å²) < 4.78 is 0. The van der Waals surface area contributed by atoms with Gasteiger partial charge in [-0.1, -0.05) is 6.42 Å². The summed E-state index contributed by atoms with van der Waals surface area (Å²) in [6.45, 7) is 2.22. The Morgan fingerprint density at radius 2 is 2.25 bits per heavy atom. The van der Waals surface area contributed by atoms with Gasteiger partial charge in [-0.25, -0.2) is 0 Å². The molecule has 12 heavy (non-hydrogen) atoms. The van der Waals surface area contributed by atoms with Gasteiger partial charge in [0.25, 0.3) is 0 Å². The summed E-state index contributed by atoms with van der Waals surface area (Å²) in [5.74, 6) is 1.80. The fourth-order valence-corrected chi connectivity index (χ4v) is 2.66. The molecule has 1 unspecified atom stereocenters. The van der Waals surface area contributed by atoms with Gasteiger partial charge in [0.2, 0.25) is 0 Å². The lowest BCUT2D eigenvalue weighted by Crippen LogP contribution is -2.38. The molecule has 2 fully saturated rings. The van der Waals surface area contributed by atoms with Crippen molar-refractivity contribution >= 4 is 0 Å². The third-order valence-electron chi connectivity index (χ3n) is 3.60. The van der Waals surface area contributed by atoms with E-state index in [2.05, 4.69) is 11.9 Å². The van der Waals surface area contributed by atoms with Crippen molar-refractivity contribution in [2.75, 3.05) is 20.1 Å². The average Bonchev–Trinajstić information content (AvgIpc) is 2.84. The molecule has 1 heterocycles. The lowest BCUT2D eigenvalue weighted by Gasteiger charge is -2.32. The van der Waals surface area contributed by atoms with Crippen LogP contribution in [-0.4, -0.2) is 31.1 Å². The highest BCUT2D eigenvalue weighted by Crippen LogP contribution is 2.44. The molecule has 1 aliphatic carbocycles. The third kappa shape index (κ3) is 1.50. The van der Waals surface area contributed by atoms with Crippen molar-refractivity contribution in [3.05, 3.63) is 0 Å². The van der Waals surface area contributed by atoms with Crippen LogP contribution in [0.5, 0.6) is 0 Å². The van der Waals surface area contributed by atoms with Crippen LogP contribution in [0.3, 0.4) is 0 Å². The molecule has 1 saturated carbocycles. The van der Waals surface area contributed by atoms with Crippen LogP contribution in [0, 0.1) is 11.8 Å². The Balaban J connectivity index is 1.86. The quantitative estimate of drug-likeness (QED) is 0.668. The lowest BCUT2D eigenvalue weighted by atomic mass is 9.98. The van der Waals surface area contributed by atoms with Crippen molar-refractivity contribution in [2.45, 2.75) is 31.7 Å². The van der Waals surface area contributed by atoms with Gasteiger partial charge in [0.05, 0.1) is 0 Å².